The fourth-order valence-corrected chi connectivity index (χ4v) is 7.50. The summed E-state index contributed by atoms with van der Waals surface area (Å²) in [4.78, 5) is 27.6. The van der Waals surface area contributed by atoms with E-state index in [-0.39, 0.29) is 5.69 Å². The Morgan fingerprint density at radius 1 is 0.453 bits per heavy atom. The van der Waals surface area contributed by atoms with Gasteiger partial charge in [0.2, 0.25) is 0 Å². The summed E-state index contributed by atoms with van der Waals surface area (Å²) in [5.74, 6) is 1.77. The van der Waals surface area contributed by atoms with E-state index in [1.165, 1.54) is 10.8 Å². The fraction of sp³-hybridized carbons (Fsp3) is 0.0435. The molecule has 0 fully saturated rings. The van der Waals surface area contributed by atoms with Crippen molar-refractivity contribution in [1.29, 1.82) is 0 Å². The van der Waals surface area contributed by atoms with Crippen LogP contribution < -0.4 is 5.69 Å². The number of hydrogen-bond acceptors (Lipinski definition) is 5. The molecule has 0 bridgehead atoms. The van der Waals surface area contributed by atoms with Gasteiger partial charge in [-0.15, -0.1) is 0 Å². The molecule has 0 atom stereocenters. The van der Waals surface area contributed by atoms with Gasteiger partial charge in [-0.05, 0) is 63.4 Å². The lowest BCUT2D eigenvalue weighted by molar-refractivity contribution is 0.669. The Morgan fingerprint density at radius 2 is 1.06 bits per heavy atom. The van der Waals surface area contributed by atoms with E-state index in [4.69, 9.17) is 19.4 Å². The van der Waals surface area contributed by atoms with Crippen LogP contribution in [0.25, 0.3) is 100 Å². The normalized spacial score (nSPS) is 11.7. The molecule has 10 rings (SSSR count). The monoisotopic (exact) mass is 685 g/mol. The molecule has 0 aliphatic heterocycles. The van der Waals surface area contributed by atoms with Crippen LogP contribution in [0.4, 0.5) is 0 Å². The maximum Gasteiger partial charge on any atom is 0.328 e. The smallest absolute Gasteiger partial charge is 0.328 e. The molecule has 252 valence electrons. The lowest BCUT2D eigenvalue weighted by Gasteiger charge is -2.11. The molecule has 7 nitrogen and oxygen atoms in total. The van der Waals surface area contributed by atoms with E-state index in [0.717, 1.165) is 71.9 Å². The second-order valence-corrected chi connectivity index (χ2v) is 13.4. The van der Waals surface area contributed by atoms with Crippen LogP contribution >= 0.6 is 0 Å². The number of hydrogen-bond donors (Lipinski definition) is 0. The number of aromatic nitrogens is 5. The molecule has 10 aromatic rings. The van der Waals surface area contributed by atoms with Gasteiger partial charge in [-0.25, -0.2) is 19.7 Å². The van der Waals surface area contributed by atoms with Crippen molar-refractivity contribution >= 4 is 43.7 Å². The third-order valence-electron chi connectivity index (χ3n) is 10.2. The van der Waals surface area contributed by atoms with Gasteiger partial charge in [-0.1, -0.05) is 121 Å². The van der Waals surface area contributed by atoms with Gasteiger partial charge in [-0.3, -0.25) is 9.13 Å². The molecule has 0 radical (unpaired) electrons. The number of furan rings is 1. The maximum atomic E-state index is 12.5. The zero-order valence-electron chi connectivity index (χ0n) is 29.0. The zero-order valence-corrected chi connectivity index (χ0v) is 29.0. The zero-order chi connectivity index (χ0) is 35.6. The van der Waals surface area contributed by atoms with E-state index in [1.807, 2.05) is 66.7 Å². The van der Waals surface area contributed by atoms with Crippen molar-refractivity contribution in [2.45, 2.75) is 0 Å². The summed E-state index contributed by atoms with van der Waals surface area (Å²) < 4.78 is 9.73. The van der Waals surface area contributed by atoms with Crippen molar-refractivity contribution in [3.8, 4) is 56.4 Å². The Labute approximate surface area is 304 Å². The molecule has 3 aromatic heterocycles. The SMILES string of the molecule is Cn1c(=O)n(C)c2cc(-c3ccc(-c4nc(-c5ccccc5)nc(-c5cccc(-c6cccc7oc8ccc9ccccc9c8c67)c5)n4)cc3)ccc21. The van der Waals surface area contributed by atoms with Crippen LogP contribution in [0.3, 0.4) is 0 Å². The Balaban J connectivity index is 1.09. The van der Waals surface area contributed by atoms with E-state index in [9.17, 15) is 4.79 Å². The Morgan fingerprint density at radius 3 is 1.87 bits per heavy atom. The van der Waals surface area contributed by atoms with Crippen molar-refractivity contribution in [3.63, 3.8) is 0 Å². The minimum Gasteiger partial charge on any atom is -0.456 e. The van der Waals surface area contributed by atoms with Crippen molar-refractivity contribution in [1.82, 2.24) is 24.1 Å². The molecule has 0 spiro atoms. The number of fused-ring (bicyclic) bond motifs is 6. The summed E-state index contributed by atoms with van der Waals surface area (Å²) >= 11 is 0. The van der Waals surface area contributed by atoms with Gasteiger partial charge < -0.3 is 4.42 Å². The highest BCUT2D eigenvalue weighted by Gasteiger charge is 2.17. The van der Waals surface area contributed by atoms with Gasteiger partial charge in [0.25, 0.3) is 0 Å². The molecule has 53 heavy (non-hydrogen) atoms. The Kier molecular flexibility index (Phi) is 6.94. The summed E-state index contributed by atoms with van der Waals surface area (Å²) in [7, 11) is 3.60. The molecule has 0 aliphatic carbocycles. The van der Waals surface area contributed by atoms with Gasteiger partial charge in [0.15, 0.2) is 17.5 Å². The van der Waals surface area contributed by atoms with Crippen LogP contribution in [0.2, 0.25) is 0 Å². The van der Waals surface area contributed by atoms with E-state index < -0.39 is 0 Å². The molecule has 0 amide bonds. The Bertz CT molecular complexity index is 3100. The Hall–Kier alpha value is -7.12. The minimum atomic E-state index is -0.0430. The number of imidazole rings is 1. The highest BCUT2D eigenvalue weighted by atomic mass is 16.3. The van der Waals surface area contributed by atoms with Gasteiger partial charge in [-0.2, -0.15) is 0 Å². The average molecular weight is 686 g/mol. The summed E-state index contributed by atoms with van der Waals surface area (Å²) in [5.41, 5.74) is 10.3. The highest BCUT2D eigenvalue weighted by molar-refractivity contribution is 6.22. The first-order chi connectivity index (χ1) is 26.0. The van der Waals surface area contributed by atoms with Crippen LogP contribution in [-0.4, -0.2) is 24.1 Å². The lowest BCUT2D eigenvalue weighted by atomic mass is 9.96. The predicted octanol–water partition coefficient (Wildman–Crippen LogP) is 10.4. The number of nitrogens with zero attached hydrogens (tertiary/aromatic N) is 5. The molecule has 0 N–H and O–H groups in total. The first-order valence-electron chi connectivity index (χ1n) is 17.5. The summed E-state index contributed by atoms with van der Waals surface area (Å²) in [6.45, 7) is 0. The topological polar surface area (TPSA) is 78.7 Å². The molecule has 0 saturated carbocycles. The van der Waals surface area contributed by atoms with Crippen molar-refractivity contribution in [2.75, 3.05) is 0 Å². The molecule has 3 heterocycles. The molecule has 7 heteroatoms. The second kappa shape index (κ2) is 12.0. The first-order valence-corrected chi connectivity index (χ1v) is 17.5. The molecule has 0 aliphatic rings. The van der Waals surface area contributed by atoms with Crippen LogP contribution in [0.1, 0.15) is 0 Å². The highest BCUT2D eigenvalue weighted by Crippen LogP contribution is 2.41. The first kappa shape index (κ1) is 30.7. The molecule has 7 aromatic carbocycles. The predicted molar refractivity (Wildman–Crippen MR) is 214 cm³/mol. The summed E-state index contributed by atoms with van der Waals surface area (Å²) in [6, 6.07) is 51.6. The van der Waals surface area contributed by atoms with Crippen LogP contribution in [-0.2, 0) is 14.1 Å². The standard InChI is InChI=1S/C46H31N5O2/c1-50-37-24-22-32(27-38(37)51(2)46(50)52)28-18-20-31(21-19-28)44-47-43(30-11-4-3-5-12-30)48-45(49-44)34-14-8-13-33(26-34)36-16-9-17-39-42(36)41-35-15-7-6-10-29(35)23-25-40(41)53-39/h3-27H,1-2H3. The number of rotatable bonds is 5. The van der Waals surface area contributed by atoms with E-state index in [0.29, 0.717) is 17.5 Å². The molecular formula is C46H31N5O2. The van der Waals surface area contributed by atoms with Crippen molar-refractivity contribution < 1.29 is 4.42 Å². The lowest BCUT2D eigenvalue weighted by Crippen LogP contribution is -2.19. The third kappa shape index (κ3) is 5.05. The van der Waals surface area contributed by atoms with E-state index in [1.54, 1.807) is 23.2 Å². The van der Waals surface area contributed by atoms with E-state index >= 15 is 0 Å². The van der Waals surface area contributed by atoms with Crippen molar-refractivity contribution in [3.05, 3.63) is 162 Å². The number of aryl methyl sites for hydroxylation is 2. The second-order valence-electron chi connectivity index (χ2n) is 13.4. The van der Waals surface area contributed by atoms with Crippen molar-refractivity contribution in [2.24, 2.45) is 14.1 Å². The van der Waals surface area contributed by atoms with E-state index in [2.05, 4.69) is 84.9 Å². The summed E-state index contributed by atoms with van der Waals surface area (Å²) in [6.07, 6.45) is 0. The van der Waals surface area contributed by atoms with Crippen LogP contribution in [0.5, 0.6) is 0 Å². The quantitative estimate of drug-likeness (QED) is 0.180. The summed E-state index contributed by atoms with van der Waals surface area (Å²) in [5, 5.41) is 4.55. The van der Waals surface area contributed by atoms with Crippen LogP contribution in [0, 0.1) is 0 Å². The molecular weight excluding hydrogens is 655 g/mol. The van der Waals surface area contributed by atoms with Gasteiger partial charge in [0, 0.05) is 41.6 Å². The number of benzene rings is 7. The van der Waals surface area contributed by atoms with Gasteiger partial charge in [0.1, 0.15) is 11.2 Å². The maximum absolute atomic E-state index is 12.5. The molecule has 0 saturated heterocycles. The average Bonchev–Trinajstić information content (AvgIpc) is 3.72. The largest absolute Gasteiger partial charge is 0.456 e. The van der Waals surface area contributed by atoms with Crippen LogP contribution in [0.15, 0.2) is 161 Å². The molecule has 0 unspecified atom stereocenters. The third-order valence-corrected chi connectivity index (χ3v) is 10.2. The van der Waals surface area contributed by atoms with Gasteiger partial charge >= 0.3 is 5.69 Å². The minimum absolute atomic E-state index is 0.0430. The fourth-order valence-electron chi connectivity index (χ4n) is 7.50. The van der Waals surface area contributed by atoms with Gasteiger partial charge in [0.05, 0.1) is 11.0 Å².